The highest BCUT2D eigenvalue weighted by molar-refractivity contribution is 5.66. The lowest BCUT2D eigenvalue weighted by Crippen LogP contribution is -2.25. The molecular formula is C19H26N4. The summed E-state index contributed by atoms with van der Waals surface area (Å²) >= 11 is 0. The first-order chi connectivity index (χ1) is 11.1. The van der Waals surface area contributed by atoms with Crippen molar-refractivity contribution in [2.24, 2.45) is 0 Å². The molecule has 4 heteroatoms. The molecule has 0 unspecified atom stereocenters. The molecule has 1 fully saturated rings. The molecule has 1 aliphatic rings. The van der Waals surface area contributed by atoms with E-state index in [-0.39, 0.29) is 0 Å². The molecule has 4 nitrogen and oxygen atoms in total. The second-order valence-corrected chi connectivity index (χ2v) is 6.45. The Morgan fingerprint density at radius 1 is 0.913 bits per heavy atom. The van der Waals surface area contributed by atoms with E-state index in [0.717, 1.165) is 36.2 Å². The lowest BCUT2D eigenvalue weighted by molar-refractivity contribution is 0.726. The number of nitrogens with one attached hydrogen (secondary N) is 1. The predicted molar refractivity (Wildman–Crippen MR) is 96.6 cm³/mol. The molecule has 23 heavy (non-hydrogen) atoms. The van der Waals surface area contributed by atoms with Gasteiger partial charge in [-0.1, -0.05) is 31.0 Å². The fraction of sp³-hybridized carbons (Fsp3) is 0.474. The van der Waals surface area contributed by atoms with E-state index < -0.39 is 0 Å². The molecule has 0 bridgehead atoms. The minimum Gasteiger partial charge on any atom is -0.356 e. The number of nitrogens with zero attached hydrogens (tertiary/aromatic N) is 3. The van der Waals surface area contributed by atoms with Crippen LogP contribution in [-0.4, -0.2) is 23.1 Å². The van der Waals surface area contributed by atoms with Crippen molar-refractivity contribution < 1.29 is 0 Å². The second-order valence-electron chi connectivity index (χ2n) is 6.45. The second kappa shape index (κ2) is 6.99. The third-order valence-electron chi connectivity index (χ3n) is 4.49. The number of anilines is 3. The summed E-state index contributed by atoms with van der Waals surface area (Å²) in [7, 11) is 0. The topological polar surface area (TPSA) is 41.1 Å². The number of para-hydroxylation sites is 1. The van der Waals surface area contributed by atoms with Crippen LogP contribution in [0.1, 0.15) is 42.6 Å². The fourth-order valence-corrected chi connectivity index (χ4v) is 3.22. The summed E-state index contributed by atoms with van der Waals surface area (Å²) in [5.74, 6) is 2.75. The van der Waals surface area contributed by atoms with Crippen LogP contribution in [0.4, 0.5) is 17.3 Å². The van der Waals surface area contributed by atoms with Crippen molar-refractivity contribution in [1.82, 2.24) is 9.97 Å². The minimum absolute atomic E-state index is 0.820. The van der Waals surface area contributed by atoms with Gasteiger partial charge in [0.15, 0.2) is 0 Å². The molecule has 3 rings (SSSR count). The van der Waals surface area contributed by atoms with Crippen molar-refractivity contribution in [3.63, 3.8) is 0 Å². The van der Waals surface area contributed by atoms with Crippen LogP contribution >= 0.6 is 0 Å². The Labute approximate surface area is 139 Å². The molecule has 1 aromatic carbocycles. The molecule has 1 aromatic heterocycles. The van der Waals surface area contributed by atoms with Gasteiger partial charge in [0, 0.05) is 24.8 Å². The molecule has 122 valence electrons. The molecule has 0 amide bonds. The van der Waals surface area contributed by atoms with Gasteiger partial charge in [0.1, 0.15) is 17.5 Å². The quantitative estimate of drug-likeness (QED) is 0.904. The van der Waals surface area contributed by atoms with E-state index in [0.29, 0.717) is 0 Å². The van der Waals surface area contributed by atoms with Gasteiger partial charge >= 0.3 is 0 Å². The van der Waals surface area contributed by atoms with E-state index in [4.69, 9.17) is 0 Å². The summed E-state index contributed by atoms with van der Waals surface area (Å²) in [5.41, 5.74) is 3.61. The zero-order valence-corrected chi connectivity index (χ0v) is 14.4. The van der Waals surface area contributed by atoms with Crippen LogP contribution in [0.3, 0.4) is 0 Å². The van der Waals surface area contributed by atoms with E-state index in [9.17, 15) is 0 Å². The first-order valence-electron chi connectivity index (χ1n) is 8.57. The molecule has 0 radical (unpaired) electrons. The molecule has 0 atom stereocenters. The van der Waals surface area contributed by atoms with Crippen LogP contribution in [-0.2, 0) is 0 Å². The molecule has 0 spiro atoms. The van der Waals surface area contributed by atoms with E-state index >= 15 is 0 Å². The van der Waals surface area contributed by atoms with Crippen LogP contribution in [0.15, 0.2) is 24.3 Å². The first kappa shape index (κ1) is 15.8. The van der Waals surface area contributed by atoms with Crippen LogP contribution in [0.2, 0.25) is 0 Å². The van der Waals surface area contributed by atoms with Gasteiger partial charge in [-0.2, -0.15) is 0 Å². The average molecular weight is 310 g/mol. The molecular weight excluding hydrogens is 284 g/mol. The Morgan fingerprint density at radius 3 is 2.22 bits per heavy atom. The standard InChI is InChI=1S/C19H26N4/c1-14-9-8-10-15(2)19(14)22-17-13-18(21-16(3)20-17)23-11-6-4-5-7-12-23/h8-10,13H,4-7,11-12H2,1-3H3,(H,20,21,22). The van der Waals surface area contributed by atoms with E-state index in [2.05, 4.69) is 58.3 Å². The highest BCUT2D eigenvalue weighted by Gasteiger charge is 2.13. The van der Waals surface area contributed by atoms with Crippen molar-refractivity contribution in [2.45, 2.75) is 46.5 Å². The highest BCUT2D eigenvalue weighted by atomic mass is 15.2. The Balaban J connectivity index is 1.88. The Morgan fingerprint density at radius 2 is 1.57 bits per heavy atom. The number of rotatable bonds is 3. The van der Waals surface area contributed by atoms with Gasteiger partial charge in [-0.15, -0.1) is 0 Å². The third kappa shape index (κ3) is 3.81. The molecule has 1 N–H and O–H groups in total. The molecule has 1 aliphatic heterocycles. The van der Waals surface area contributed by atoms with Crippen LogP contribution in [0, 0.1) is 20.8 Å². The van der Waals surface area contributed by atoms with Crippen LogP contribution < -0.4 is 10.2 Å². The first-order valence-corrected chi connectivity index (χ1v) is 8.57. The normalized spacial score (nSPS) is 15.3. The smallest absolute Gasteiger partial charge is 0.136 e. The van der Waals surface area contributed by atoms with Gasteiger partial charge in [-0.05, 0) is 44.7 Å². The third-order valence-corrected chi connectivity index (χ3v) is 4.49. The zero-order chi connectivity index (χ0) is 16.2. The molecule has 2 heterocycles. The predicted octanol–water partition coefficient (Wildman–Crippen LogP) is 4.53. The van der Waals surface area contributed by atoms with Crippen molar-refractivity contribution in [3.05, 3.63) is 41.2 Å². The van der Waals surface area contributed by atoms with Crippen molar-refractivity contribution in [1.29, 1.82) is 0 Å². The maximum absolute atomic E-state index is 4.66. The maximum atomic E-state index is 4.66. The number of hydrogen-bond donors (Lipinski definition) is 1. The van der Waals surface area contributed by atoms with Crippen LogP contribution in [0.5, 0.6) is 0 Å². The van der Waals surface area contributed by atoms with Gasteiger partial charge in [-0.25, -0.2) is 9.97 Å². The van der Waals surface area contributed by atoms with Gasteiger partial charge in [0.05, 0.1) is 0 Å². The monoisotopic (exact) mass is 310 g/mol. The number of aryl methyl sites for hydroxylation is 3. The Hall–Kier alpha value is -2.10. The molecule has 0 saturated carbocycles. The summed E-state index contributed by atoms with van der Waals surface area (Å²) in [4.78, 5) is 11.6. The van der Waals surface area contributed by atoms with E-state index in [1.807, 2.05) is 6.92 Å². The number of aromatic nitrogens is 2. The van der Waals surface area contributed by atoms with Crippen molar-refractivity contribution in [3.8, 4) is 0 Å². The van der Waals surface area contributed by atoms with Gasteiger partial charge in [-0.3, -0.25) is 0 Å². The average Bonchev–Trinajstić information content (AvgIpc) is 2.80. The van der Waals surface area contributed by atoms with Crippen molar-refractivity contribution >= 4 is 17.3 Å². The Kier molecular flexibility index (Phi) is 4.79. The van der Waals surface area contributed by atoms with Gasteiger partial charge in [0.25, 0.3) is 0 Å². The minimum atomic E-state index is 0.820. The fourth-order valence-electron chi connectivity index (χ4n) is 3.22. The zero-order valence-electron chi connectivity index (χ0n) is 14.4. The lowest BCUT2D eigenvalue weighted by atomic mass is 10.1. The summed E-state index contributed by atoms with van der Waals surface area (Å²) in [5, 5.41) is 3.50. The lowest BCUT2D eigenvalue weighted by Gasteiger charge is -2.22. The van der Waals surface area contributed by atoms with E-state index in [1.165, 1.54) is 36.8 Å². The Bertz CT molecular complexity index is 653. The molecule has 0 aliphatic carbocycles. The maximum Gasteiger partial charge on any atom is 0.136 e. The van der Waals surface area contributed by atoms with Gasteiger partial charge < -0.3 is 10.2 Å². The summed E-state index contributed by atoms with van der Waals surface area (Å²) < 4.78 is 0. The number of hydrogen-bond acceptors (Lipinski definition) is 4. The SMILES string of the molecule is Cc1nc(Nc2c(C)cccc2C)cc(N2CCCCCC2)n1. The summed E-state index contributed by atoms with van der Waals surface area (Å²) in [6.45, 7) is 8.41. The highest BCUT2D eigenvalue weighted by Crippen LogP contribution is 2.26. The van der Waals surface area contributed by atoms with Gasteiger partial charge in [0.2, 0.25) is 0 Å². The number of benzene rings is 1. The molecule has 2 aromatic rings. The summed E-state index contributed by atoms with van der Waals surface area (Å²) in [6, 6.07) is 8.42. The largest absolute Gasteiger partial charge is 0.356 e. The van der Waals surface area contributed by atoms with Crippen LogP contribution in [0.25, 0.3) is 0 Å². The summed E-state index contributed by atoms with van der Waals surface area (Å²) in [6.07, 6.45) is 5.16. The van der Waals surface area contributed by atoms with E-state index in [1.54, 1.807) is 0 Å². The van der Waals surface area contributed by atoms with Crippen molar-refractivity contribution in [2.75, 3.05) is 23.3 Å². The molecule has 1 saturated heterocycles.